The molecular formula is C11H11N7O. The number of nitrogen functional groups attached to an aromatic ring is 1. The number of tetrazole rings is 1. The zero-order valence-corrected chi connectivity index (χ0v) is 10.1. The number of carbonyl (C=O) groups excluding carboxylic acids is 1. The zero-order valence-electron chi connectivity index (χ0n) is 10.1. The van der Waals surface area contributed by atoms with Crippen LogP contribution in [-0.4, -0.2) is 31.1 Å². The number of benzene rings is 1. The Morgan fingerprint density at radius 1 is 1.47 bits per heavy atom. The number of fused-ring (bicyclic) bond motifs is 1. The highest BCUT2D eigenvalue weighted by molar-refractivity contribution is 6.06. The molecule has 96 valence electrons. The molecule has 0 bridgehead atoms. The summed E-state index contributed by atoms with van der Waals surface area (Å²) in [7, 11) is 1.62. The number of anilines is 2. The van der Waals surface area contributed by atoms with E-state index in [0.29, 0.717) is 11.4 Å². The van der Waals surface area contributed by atoms with E-state index in [1.54, 1.807) is 19.2 Å². The number of hydrogen-bond acceptors (Lipinski definition) is 5. The SMILES string of the molecule is Cn1nnc(NC(=O)c2cc3cccc(N)c3[nH]2)n1. The molecule has 0 saturated carbocycles. The fourth-order valence-electron chi connectivity index (χ4n) is 1.81. The molecular weight excluding hydrogens is 246 g/mol. The van der Waals surface area contributed by atoms with E-state index in [1.165, 1.54) is 4.80 Å². The lowest BCUT2D eigenvalue weighted by Crippen LogP contribution is -2.13. The van der Waals surface area contributed by atoms with E-state index in [9.17, 15) is 4.79 Å². The van der Waals surface area contributed by atoms with Crippen LogP contribution in [0.5, 0.6) is 0 Å². The Balaban J connectivity index is 1.91. The molecule has 0 unspecified atom stereocenters. The maximum atomic E-state index is 12.0. The number of aryl methyl sites for hydroxylation is 1. The minimum absolute atomic E-state index is 0.152. The number of carbonyl (C=O) groups is 1. The molecule has 8 heteroatoms. The Morgan fingerprint density at radius 3 is 3.00 bits per heavy atom. The molecule has 8 nitrogen and oxygen atoms in total. The molecule has 0 radical (unpaired) electrons. The van der Waals surface area contributed by atoms with E-state index < -0.39 is 0 Å². The average Bonchev–Trinajstić information content (AvgIpc) is 2.96. The van der Waals surface area contributed by atoms with Gasteiger partial charge in [0.05, 0.1) is 18.3 Å². The highest BCUT2D eigenvalue weighted by Crippen LogP contribution is 2.21. The lowest BCUT2D eigenvalue weighted by Gasteiger charge is -1.96. The fourth-order valence-corrected chi connectivity index (χ4v) is 1.81. The highest BCUT2D eigenvalue weighted by Gasteiger charge is 2.12. The first-order valence-corrected chi connectivity index (χ1v) is 5.56. The van der Waals surface area contributed by atoms with E-state index in [0.717, 1.165) is 10.9 Å². The predicted molar refractivity (Wildman–Crippen MR) is 69.5 cm³/mol. The summed E-state index contributed by atoms with van der Waals surface area (Å²) >= 11 is 0. The van der Waals surface area contributed by atoms with Crippen molar-refractivity contribution in [2.45, 2.75) is 0 Å². The smallest absolute Gasteiger partial charge is 0.274 e. The molecule has 2 aromatic heterocycles. The third-order valence-electron chi connectivity index (χ3n) is 2.67. The van der Waals surface area contributed by atoms with Crippen molar-refractivity contribution in [2.75, 3.05) is 11.1 Å². The van der Waals surface area contributed by atoms with Gasteiger partial charge < -0.3 is 10.7 Å². The van der Waals surface area contributed by atoms with Crippen LogP contribution in [0, 0.1) is 0 Å². The van der Waals surface area contributed by atoms with Crippen LogP contribution in [-0.2, 0) is 7.05 Å². The van der Waals surface area contributed by atoms with Gasteiger partial charge in [0.2, 0.25) is 0 Å². The van der Waals surface area contributed by atoms with Crippen LogP contribution >= 0.6 is 0 Å². The molecule has 3 aromatic rings. The number of hydrogen-bond donors (Lipinski definition) is 3. The van der Waals surface area contributed by atoms with Crippen molar-refractivity contribution in [2.24, 2.45) is 7.05 Å². The first kappa shape index (κ1) is 11.2. The summed E-state index contributed by atoms with van der Waals surface area (Å²) in [5, 5.41) is 14.6. The summed E-state index contributed by atoms with van der Waals surface area (Å²) < 4.78 is 0. The van der Waals surface area contributed by atoms with E-state index in [1.807, 2.05) is 12.1 Å². The molecule has 0 fully saturated rings. The summed E-state index contributed by atoms with van der Waals surface area (Å²) in [6.07, 6.45) is 0. The number of aromatic amines is 1. The number of rotatable bonds is 2. The monoisotopic (exact) mass is 257 g/mol. The summed E-state index contributed by atoms with van der Waals surface area (Å²) in [5.74, 6) is -0.192. The lowest BCUT2D eigenvalue weighted by atomic mass is 10.2. The molecule has 0 aliphatic carbocycles. The average molecular weight is 257 g/mol. The van der Waals surface area contributed by atoms with Crippen LogP contribution < -0.4 is 11.1 Å². The van der Waals surface area contributed by atoms with Gasteiger partial charge in [-0.2, -0.15) is 4.80 Å². The summed E-state index contributed by atoms with van der Waals surface area (Å²) in [6, 6.07) is 7.19. The van der Waals surface area contributed by atoms with Crippen molar-refractivity contribution in [3.63, 3.8) is 0 Å². The Morgan fingerprint density at radius 2 is 2.32 bits per heavy atom. The third-order valence-corrected chi connectivity index (χ3v) is 2.67. The summed E-state index contributed by atoms with van der Waals surface area (Å²) in [4.78, 5) is 16.2. The van der Waals surface area contributed by atoms with Gasteiger partial charge >= 0.3 is 0 Å². The van der Waals surface area contributed by atoms with Gasteiger partial charge in [-0.3, -0.25) is 10.1 Å². The Labute approximate surface area is 107 Å². The van der Waals surface area contributed by atoms with Crippen molar-refractivity contribution in [1.82, 2.24) is 25.2 Å². The van der Waals surface area contributed by atoms with Gasteiger partial charge in [0.1, 0.15) is 5.69 Å². The summed E-state index contributed by atoms with van der Waals surface area (Å²) in [5.41, 5.74) is 7.54. The van der Waals surface area contributed by atoms with Gasteiger partial charge in [0.15, 0.2) is 0 Å². The standard InChI is InChI=1S/C11H11N7O/c1-18-16-11(15-17-18)14-10(19)8-5-6-3-2-4-7(12)9(6)13-8/h2-5,13H,12H2,1H3,(H,14,16,19). The molecule has 0 spiro atoms. The van der Waals surface area contributed by atoms with Crippen LogP contribution in [0.4, 0.5) is 11.6 Å². The highest BCUT2D eigenvalue weighted by atomic mass is 16.2. The number of nitrogens with zero attached hydrogens (tertiary/aromatic N) is 4. The number of aromatic nitrogens is 5. The first-order valence-electron chi connectivity index (χ1n) is 5.56. The van der Waals surface area contributed by atoms with Crippen molar-refractivity contribution >= 4 is 28.4 Å². The first-order chi connectivity index (χ1) is 9.13. The second-order valence-electron chi connectivity index (χ2n) is 4.05. The van der Waals surface area contributed by atoms with Crippen LogP contribution in [0.1, 0.15) is 10.5 Å². The normalized spacial score (nSPS) is 10.8. The van der Waals surface area contributed by atoms with Crippen molar-refractivity contribution < 1.29 is 4.79 Å². The number of nitrogens with one attached hydrogen (secondary N) is 2. The Bertz CT molecular complexity index is 757. The minimum atomic E-state index is -0.344. The van der Waals surface area contributed by atoms with Gasteiger partial charge in [-0.05, 0) is 17.3 Å². The molecule has 0 aliphatic heterocycles. The number of amides is 1. The maximum absolute atomic E-state index is 12.0. The van der Waals surface area contributed by atoms with Crippen LogP contribution in [0.25, 0.3) is 10.9 Å². The molecule has 2 heterocycles. The topological polar surface area (TPSA) is 115 Å². The van der Waals surface area contributed by atoms with Gasteiger partial charge in [-0.1, -0.05) is 17.2 Å². The molecule has 1 amide bonds. The van der Waals surface area contributed by atoms with E-state index >= 15 is 0 Å². The second kappa shape index (κ2) is 4.09. The van der Waals surface area contributed by atoms with Crippen molar-refractivity contribution in [3.8, 4) is 0 Å². The van der Waals surface area contributed by atoms with Gasteiger partial charge in [-0.25, -0.2) is 0 Å². The number of para-hydroxylation sites is 1. The Kier molecular flexibility index (Phi) is 2.41. The van der Waals surface area contributed by atoms with E-state index in [-0.39, 0.29) is 11.9 Å². The predicted octanol–water partition coefficient (Wildman–Crippen LogP) is 0.526. The molecule has 0 saturated heterocycles. The van der Waals surface area contributed by atoms with Gasteiger partial charge in [0, 0.05) is 5.39 Å². The maximum Gasteiger partial charge on any atom is 0.274 e. The third kappa shape index (κ3) is 1.99. The molecule has 4 N–H and O–H groups in total. The lowest BCUT2D eigenvalue weighted by molar-refractivity contribution is 0.102. The second-order valence-corrected chi connectivity index (χ2v) is 4.05. The van der Waals surface area contributed by atoms with Crippen LogP contribution in [0.3, 0.4) is 0 Å². The Hall–Kier alpha value is -2.90. The molecule has 0 atom stereocenters. The number of nitrogens with two attached hydrogens (primary N) is 1. The fraction of sp³-hybridized carbons (Fsp3) is 0.0909. The van der Waals surface area contributed by atoms with Crippen molar-refractivity contribution in [1.29, 1.82) is 0 Å². The van der Waals surface area contributed by atoms with Gasteiger partial charge in [0.25, 0.3) is 11.9 Å². The zero-order chi connectivity index (χ0) is 13.4. The quantitative estimate of drug-likeness (QED) is 0.579. The van der Waals surface area contributed by atoms with E-state index in [4.69, 9.17) is 5.73 Å². The van der Waals surface area contributed by atoms with Crippen LogP contribution in [0.15, 0.2) is 24.3 Å². The molecule has 3 rings (SSSR count). The largest absolute Gasteiger partial charge is 0.397 e. The minimum Gasteiger partial charge on any atom is -0.397 e. The van der Waals surface area contributed by atoms with Crippen molar-refractivity contribution in [3.05, 3.63) is 30.0 Å². The van der Waals surface area contributed by atoms with Gasteiger partial charge in [-0.15, -0.1) is 5.10 Å². The number of H-pyrrole nitrogens is 1. The van der Waals surface area contributed by atoms with Crippen LogP contribution in [0.2, 0.25) is 0 Å². The van der Waals surface area contributed by atoms with E-state index in [2.05, 4.69) is 25.7 Å². The molecule has 0 aliphatic rings. The molecule has 19 heavy (non-hydrogen) atoms. The molecule has 1 aromatic carbocycles. The summed E-state index contributed by atoms with van der Waals surface area (Å²) in [6.45, 7) is 0.